The molecule has 0 spiro atoms. The molecule has 9 heteroatoms. The van der Waals surface area contributed by atoms with Crippen LogP contribution in [-0.4, -0.2) is 35.3 Å². The van der Waals surface area contributed by atoms with E-state index in [0.29, 0.717) is 11.5 Å². The molecule has 7 nitrogen and oxygen atoms in total. The Labute approximate surface area is 163 Å². The van der Waals surface area contributed by atoms with Crippen LogP contribution in [0.5, 0.6) is 11.5 Å². The molecular formula is C18H15N3O4S2. The first-order chi connectivity index (χ1) is 13.2. The van der Waals surface area contributed by atoms with Gasteiger partial charge in [0, 0.05) is 0 Å². The predicted molar refractivity (Wildman–Crippen MR) is 103 cm³/mol. The van der Waals surface area contributed by atoms with Crippen molar-refractivity contribution in [3.05, 3.63) is 48.5 Å². The number of hydrogen-bond donors (Lipinski definition) is 2. The van der Waals surface area contributed by atoms with Gasteiger partial charge in [0.1, 0.15) is 6.61 Å². The zero-order valence-electron chi connectivity index (χ0n) is 14.0. The summed E-state index contributed by atoms with van der Waals surface area (Å²) in [6, 6.07) is 14.9. The van der Waals surface area contributed by atoms with Crippen LogP contribution in [0.3, 0.4) is 0 Å². The average Bonchev–Trinajstić information content (AvgIpc) is 3.13. The van der Waals surface area contributed by atoms with Crippen LogP contribution >= 0.6 is 23.1 Å². The first-order valence-electron chi connectivity index (χ1n) is 8.14. The van der Waals surface area contributed by atoms with Crippen molar-refractivity contribution in [3.63, 3.8) is 0 Å². The number of amides is 2. The van der Waals surface area contributed by atoms with E-state index in [4.69, 9.17) is 9.47 Å². The van der Waals surface area contributed by atoms with Gasteiger partial charge in [0.05, 0.1) is 16.0 Å². The van der Waals surface area contributed by atoms with E-state index in [9.17, 15) is 9.59 Å². The van der Waals surface area contributed by atoms with Gasteiger partial charge < -0.3 is 9.47 Å². The highest BCUT2D eigenvalue weighted by molar-refractivity contribution is 8.01. The van der Waals surface area contributed by atoms with Gasteiger partial charge in [-0.3, -0.25) is 20.4 Å². The molecule has 0 unspecified atom stereocenters. The molecule has 2 aromatic carbocycles. The van der Waals surface area contributed by atoms with Crippen molar-refractivity contribution in [2.45, 2.75) is 10.4 Å². The molecule has 1 aliphatic heterocycles. The minimum Gasteiger partial charge on any atom is -0.485 e. The van der Waals surface area contributed by atoms with Crippen LogP contribution in [0.4, 0.5) is 0 Å². The molecule has 1 atom stereocenters. The summed E-state index contributed by atoms with van der Waals surface area (Å²) in [6.07, 6.45) is -0.822. The Morgan fingerprint density at radius 3 is 2.74 bits per heavy atom. The number of thiazole rings is 1. The fourth-order valence-electron chi connectivity index (χ4n) is 2.44. The third-order valence-corrected chi connectivity index (χ3v) is 5.91. The molecule has 2 N–H and O–H groups in total. The minimum atomic E-state index is -0.822. The van der Waals surface area contributed by atoms with Crippen LogP contribution in [-0.2, 0) is 9.59 Å². The number of hydrazine groups is 1. The lowest BCUT2D eigenvalue weighted by Crippen LogP contribution is -2.51. The van der Waals surface area contributed by atoms with E-state index in [0.717, 1.165) is 14.6 Å². The standard InChI is InChI=1S/C18H15N3O4S2/c22-16(10-26-18-19-11-5-1-4-8-15(11)27-18)20-21-17(23)14-9-24-12-6-2-3-7-13(12)25-14/h1-8,14H,9-10H2,(H,20,22)(H,21,23)/t14-/m1/s1. The second-order valence-electron chi connectivity index (χ2n) is 5.64. The fraction of sp³-hybridized carbons (Fsp3) is 0.167. The molecule has 27 heavy (non-hydrogen) atoms. The van der Waals surface area contributed by atoms with Crippen LogP contribution in [0.25, 0.3) is 10.2 Å². The van der Waals surface area contributed by atoms with Gasteiger partial charge in [-0.15, -0.1) is 11.3 Å². The molecule has 0 saturated heterocycles. The average molecular weight is 401 g/mol. The van der Waals surface area contributed by atoms with Crippen molar-refractivity contribution in [2.24, 2.45) is 0 Å². The van der Waals surface area contributed by atoms with Gasteiger partial charge in [0.2, 0.25) is 12.0 Å². The van der Waals surface area contributed by atoms with Gasteiger partial charge in [-0.1, -0.05) is 36.0 Å². The number of benzene rings is 2. The molecular weight excluding hydrogens is 386 g/mol. The largest absolute Gasteiger partial charge is 0.485 e. The Bertz CT molecular complexity index is 958. The molecule has 3 aromatic rings. The van der Waals surface area contributed by atoms with E-state index in [1.807, 2.05) is 30.3 Å². The fourth-order valence-corrected chi connectivity index (χ4v) is 4.31. The lowest BCUT2D eigenvalue weighted by molar-refractivity contribution is -0.134. The molecule has 138 valence electrons. The quantitative estimate of drug-likeness (QED) is 0.515. The molecule has 1 aromatic heterocycles. The van der Waals surface area contributed by atoms with Crippen molar-refractivity contribution in [1.82, 2.24) is 15.8 Å². The van der Waals surface area contributed by atoms with Gasteiger partial charge in [-0.25, -0.2) is 4.98 Å². The van der Waals surface area contributed by atoms with Crippen LogP contribution in [0.15, 0.2) is 52.9 Å². The first kappa shape index (κ1) is 17.6. The summed E-state index contributed by atoms with van der Waals surface area (Å²) < 4.78 is 13.0. The number of carbonyl (C=O) groups excluding carboxylic acids is 2. The maximum atomic E-state index is 12.2. The summed E-state index contributed by atoms with van der Waals surface area (Å²) in [4.78, 5) is 28.6. The third-order valence-electron chi connectivity index (χ3n) is 3.73. The first-order valence-corrected chi connectivity index (χ1v) is 9.95. The number of nitrogens with one attached hydrogen (secondary N) is 2. The van der Waals surface area contributed by atoms with Crippen LogP contribution < -0.4 is 20.3 Å². The monoisotopic (exact) mass is 401 g/mol. The van der Waals surface area contributed by atoms with Crippen LogP contribution in [0.2, 0.25) is 0 Å². The third kappa shape index (κ3) is 4.15. The highest BCUT2D eigenvalue weighted by Crippen LogP contribution is 2.31. The number of ether oxygens (including phenoxy) is 2. The van der Waals surface area contributed by atoms with Gasteiger partial charge in [-0.05, 0) is 24.3 Å². The summed E-state index contributed by atoms with van der Waals surface area (Å²) in [7, 11) is 0. The van der Waals surface area contributed by atoms with E-state index in [1.165, 1.54) is 23.1 Å². The van der Waals surface area contributed by atoms with Crippen LogP contribution in [0.1, 0.15) is 0 Å². The number of rotatable bonds is 4. The second kappa shape index (κ2) is 7.85. The van der Waals surface area contributed by atoms with Gasteiger partial charge in [0.15, 0.2) is 15.8 Å². The Kier molecular flexibility index (Phi) is 5.12. The molecule has 2 amide bonds. The Morgan fingerprint density at radius 1 is 1.11 bits per heavy atom. The van der Waals surface area contributed by atoms with E-state index in [2.05, 4.69) is 15.8 Å². The Hall–Kier alpha value is -2.78. The van der Waals surface area contributed by atoms with Crippen molar-refractivity contribution >= 4 is 45.1 Å². The zero-order valence-corrected chi connectivity index (χ0v) is 15.6. The Balaban J connectivity index is 1.25. The summed E-state index contributed by atoms with van der Waals surface area (Å²) >= 11 is 2.85. The van der Waals surface area contributed by atoms with Crippen LogP contribution in [0, 0.1) is 0 Å². The molecule has 0 fully saturated rings. The van der Waals surface area contributed by atoms with Gasteiger partial charge in [-0.2, -0.15) is 0 Å². The summed E-state index contributed by atoms with van der Waals surface area (Å²) in [6.45, 7) is 0.0825. The normalized spacial score (nSPS) is 15.3. The van der Waals surface area contributed by atoms with E-state index in [-0.39, 0.29) is 18.3 Å². The number of fused-ring (bicyclic) bond motifs is 2. The maximum absolute atomic E-state index is 12.2. The number of aromatic nitrogens is 1. The van der Waals surface area contributed by atoms with E-state index in [1.54, 1.807) is 18.2 Å². The van der Waals surface area contributed by atoms with E-state index >= 15 is 0 Å². The lowest BCUT2D eigenvalue weighted by Gasteiger charge is -2.25. The predicted octanol–water partition coefficient (Wildman–Crippen LogP) is 2.38. The zero-order chi connectivity index (χ0) is 18.6. The lowest BCUT2D eigenvalue weighted by atomic mass is 10.2. The number of nitrogens with zero attached hydrogens (tertiary/aromatic N) is 1. The minimum absolute atomic E-state index is 0.0825. The molecule has 0 aliphatic carbocycles. The summed E-state index contributed by atoms with van der Waals surface area (Å²) in [5.41, 5.74) is 5.67. The van der Waals surface area contributed by atoms with Crippen molar-refractivity contribution in [3.8, 4) is 11.5 Å². The number of thioether (sulfide) groups is 1. The van der Waals surface area contributed by atoms with Crippen molar-refractivity contribution in [2.75, 3.05) is 12.4 Å². The molecule has 0 radical (unpaired) electrons. The SMILES string of the molecule is O=C(CSc1nc2ccccc2s1)NNC(=O)[C@H]1COc2ccccc2O1. The molecule has 2 heterocycles. The number of hydrogen-bond acceptors (Lipinski definition) is 7. The Morgan fingerprint density at radius 2 is 1.89 bits per heavy atom. The highest BCUT2D eigenvalue weighted by Gasteiger charge is 2.27. The van der Waals surface area contributed by atoms with Gasteiger partial charge in [0.25, 0.3) is 5.91 Å². The van der Waals surface area contributed by atoms with E-state index < -0.39 is 12.0 Å². The molecule has 0 bridgehead atoms. The summed E-state index contributed by atoms with van der Waals surface area (Å²) in [5, 5.41) is 0. The smallest absolute Gasteiger partial charge is 0.283 e. The van der Waals surface area contributed by atoms with Crippen molar-refractivity contribution < 1.29 is 19.1 Å². The molecule has 1 aliphatic rings. The topological polar surface area (TPSA) is 89.6 Å². The van der Waals surface area contributed by atoms with Crippen molar-refractivity contribution in [1.29, 1.82) is 0 Å². The highest BCUT2D eigenvalue weighted by atomic mass is 32.2. The molecule has 0 saturated carbocycles. The number of para-hydroxylation sites is 3. The summed E-state index contributed by atoms with van der Waals surface area (Å²) in [5.74, 6) is 0.442. The van der Waals surface area contributed by atoms with Gasteiger partial charge >= 0.3 is 0 Å². The number of carbonyl (C=O) groups is 2. The second-order valence-corrected chi connectivity index (χ2v) is 7.89. The molecule has 4 rings (SSSR count). The maximum Gasteiger partial charge on any atom is 0.283 e.